The maximum atomic E-state index is 9.98. The average molecular weight is 312 g/mol. The number of ether oxygens (including phenoxy) is 1. The number of aliphatic hydroxyl groups is 1. The molecule has 0 heterocycles. The van der Waals surface area contributed by atoms with Crippen molar-refractivity contribution in [3.05, 3.63) is 29.3 Å². The van der Waals surface area contributed by atoms with Gasteiger partial charge in [0.25, 0.3) is 0 Å². The van der Waals surface area contributed by atoms with E-state index < -0.39 is 6.10 Å². The SMILES string of the molecule is CCC1(CNCC(O)COc2ccc(Cl)cc2)CCCC1. The number of halogens is 1. The summed E-state index contributed by atoms with van der Waals surface area (Å²) in [6.07, 6.45) is 6.05. The second-order valence-corrected chi connectivity index (χ2v) is 6.55. The molecule has 1 unspecified atom stereocenters. The van der Waals surface area contributed by atoms with Crippen molar-refractivity contribution in [2.45, 2.75) is 45.1 Å². The highest BCUT2D eigenvalue weighted by atomic mass is 35.5. The Morgan fingerprint density at radius 2 is 1.95 bits per heavy atom. The maximum Gasteiger partial charge on any atom is 0.119 e. The minimum absolute atomic E-state index is 0.299. The Morgan fingerprint density at radius 1 is 1.29 bits per heavy atom. The molecule has 1 aliphatic rings. The lowest BCUT2D eigenvalue weighted by molar-refractivity contribution is 0.102. The van der Waals surface area contributed by atoms with Crippen LogP contribution in [-0.2, 0) is 0 Å². The molecule has 118 valence electrons. The third kappa shape index (κ3) is 5.17. The van der Waals surface area contributed by atoms with Gasteiger partial charge in [-0.25, -0.2) is 0 Å². The zero-order chi connectivity index (χ0) is 15.1. The van der Waals surface area contributed by atoms with Gasteiger partial charge < -0.3 is 15.2 Å². The molecule has 2 rings (SSSR count). The molecular weight excluding hydrogens is 286 g/mol. The van der Waals surface area contributed by atoms with Crippen LogP contribution in [0.15, 0.2) is 24.3 Å². The monoisotopic (exact) mass is 311 g/mol. The lowest BCUT2D eigenvalue weighted by Gasteiger charge is -2.28. The van der Waals surface area contributed by atoms with Gasteiger partial charge in [-0.3, -0.25) is 0 Å². The van der Waals surface area contributed by atoms with Crippen LogP contribution in [0.25, 0.3) is 0 Å². The van der Waals surface area contributed by atoms with E-state index >= 15 is 0 Å². The van der Waals surface area contributed by atoms with Crippen molar-refractivity contribution in [2.24, 2.45) is 5.41 Å². The topological polar surface area (TPSA) is 41.5 Å². The number of benzene rings is 1. The molecule has 2 N–H and O–H groups in total. The van der Waals surface area contributed by atoms with Gasteiger partial charge in [-0.05, 0) is 48.9 Å². The van der Waals surface area contributed by atoms with Gasteiger partial charge in [-0.1, -0.05) is 31.4 Å². The van der Waals surface area contributed by atoms with Gasteiger partial charge in [0, 0.05) is 18.1 Å². The summed E-state index contributed by atoms with van der Waals surface area (Å²) in [7, 11) is 0. The van der Waals surface area contributed by atoms with Crippen LogP contribution in [0.3, 0.4) is 0 Å². The Balaban J connectivity index is 1.65. The molecule has 1 atom stereocenters. The van der Waals surface area contributed by atoms with Crippen molar-refractivity contribution in [3.63, 3.8) is 0 Å². The largest absolute Gasteiger partial charge is 0.491 e. The summed E-state index contributed by atoms with van der Waals surface area (Å²) in [6, 6.07) is 7.19. The van der Waals surface area contributed by atoms with Crippen molar-refractivity contribution in [3.8, 4) is 5.75 Å². The van der Waals surface area contributed by atoms with Crippen LogP contribution in [0.2, 0.25) is 5.02 Å². The van der Waals surface area contributed by atoms with Crippen LogP contribution in [0.4, 0.5) is 0 Å². The normalized spacial score (nSPS) is 18.6. The third-order valence-corrected chi connectivity index (χ3v) is 4.80. The van der Waals surface area contributed by atoms with E-state index in [1.807, 2.05) is 12.1 Å². The number of nitrogens with one attached hydrogen (secondary N) is 1. The van der Waals surface area contributed by atoms with E-state index in [1.165, 1.54) is 32.1 Å². The lowest BCUT2D eigenvalue weighted by atomic mass is 9.83. The molecule has 0 bridgehead atoms. The van der Waals surface area contributed by atoms with E-state index in [1.54, 1.807) is 12.1 Å². The Bertz CT molecular complexity index is 415. The molecule has 1 aromatic rings. The van der Waals surface area contributed by atoms with Crippen LogP contribution < -0.4 is 10.1 Å². The second kappa shape index (κ2) is 8.02. The Labute approximate surface area is 132 Å². The van der Waals surface area contributed by atoms with Crippen molar-refractivity contribution < 1.29 is 9.84 Å². The minimum Gasteiger partial charge on any atom is -0.491 e. The lowest BCUT2D eigenvalue weighted by Crippen LogP contribution is -2.38. The van der Waals surface area contributed by atoms with Crippen molar-refractivity contribution in [2.75, 3.05) is 19.7 Å². The van der Waals surface area contributed by atoms with Crippen LogP contribution in [0.1, 0.15) is 39.0 Å². The van der Waals surface area contributed by atoms with E-state index in [0.717, 1.165) is 12.3 Å². The zero-order valence-corrected chi connectivity index (χ0v) is 13.5. The van der Waals surface area contributed by atoms with E-state index in [-0.39, 0.29) is 0 Å². The molecule has 0 spiro atoms. The summed E-state index contributed by atoms with van der Waals surface area (Å²) in [6.45, 7) is 4.15. The van der Waals surface area contributed by atoms with Gasteiger partial charge in [0.15, 0.2) is 0 Å². The molecule has 1 fully saturated rings. The molecule has 0 radical (unpaired) electrons. The van der Waals surface area contributed by atoms with Crippen LogP contribution >= 0.6 is 11.6 Å². The number of aliphatic hydroxyl groups excluding tert-OH is 1. The first-order chi connectivity index (χ1) is 10.1. The first-order valence-corrected chi connectivity index (χ1v) is 8.28. The highest BCUT2D eigenvalue weighted by Crippen LogP contribution is 2.40. The molecule has 0 aromatic heterocycles. The van der Waals surface area contributed by atoms with Gasteiger partial charge in [0.2, 0.25) is 0 Å². The molecule has 1 aromatic carbocycles. The Kier molecular flexibility index (Phi) is 6.34. The molecule has 1 saturated carbocycles. The fourth-order valence-corrected chi connectivity index (χ4v) is 3.19. The van der Waals surface area contributed by atoms with E-state index in [4.69, 9.17) is 16.3 Å². The highest BCUT2D eigenvalue weighted by molar-refractivity contribution is 6.30. The van der Waals surface area contributed by atoms with Crippen LogP contribution in [-0.4, -0.2) is 30.9 Å². The fraction of sp³-hybridized carbons (Fsp3) is 0.647. The van der Waals surface area contributed by atoms with Gasteiger partial charge in [0.1, 0.15) is 18.5 Å². The smallest absolute Gasteiger partial charge is 0.119 e. The molecule has 0 saturated heterocycles. The predicted molar refractivity (Wildman–Crippen MR) is 87.0 cm³/mol. The van der Waals surface area contributed by atoms with E-state index in [0.29, 0.717) is 23.6 Å². The van der Waals surface area contributed by atoms with Crippen molar-refractivity contribution in [1.82, 2.24) is 5.32 Å². The van der Waals surface area contributed by atoms with Gasteiger partial charge >= 0.3 is 0 Å². The molecule has 21 heavy (non-hydrogen) atoms. The summed E-state index contributed by atoms with van der Waals surface area (Å²) in [5, 5.41) is 14.1. The molecule has 0 aliphatic heterocycles. The van der Waals surface area contributed by atoms with Gasteiger partial charge in [-0.15, -0.1) is 0 Å². The summed E-state index contributed by atoms with van der Waals surface area (Å²) < 4.78 is 5.55. The van der Waals surface area contributed by atoms with Crippen LogP contribution in [0, 0.1) is 5.41 Å². The first kappa shape index (κ1) is 16.6. The molecule has 0 amide bonds. The van der Waals surface area contributed by atoms with E-state index in [2.05, 4.69) is 12.2 Å². The zero-order valence-electron chi connectivity index (χ0n) is 12.8. The number of rotatable bonds is 8. The molecule has 4 heteroatoms. The van der Waals surface area contributed by atoms with Crippen LogP contribution in [0.5, 0.6) is 5.75 Å². The Morgan fingerprint density at radius 3 is 2.57 bits per heavy atom. The van der Waals surface area contributed by atoms with Gasteiger partial charge in [0.05, 0.1) is 0 Å². The standard InChI is InChI=1S/C17H26ClNO2/c1-2-17(9-3-4-10-17)13-19-11-15(20)12-21-16-7-5-14(18)6-8-16/h5-8,15,19-20H,2-4,9-13H2,1H3. The molecule has 1 aliphatic carbocycles. The quantitative estimate of drug-likeness (QED) is 0.770. The number of hydrogen-bond donors (Lipinski definition) is 2. The summed E-state index contributed by atoms with van der Waals surface area (Å²) in [4.78, 5) is 0. The second-order valence-electron chi connectivity index (χ2n) is 6.11. The van der Waals surface area contributed by atoms with Gasteiger partial charge in [-0.2, -0.15) is 0 Å². The van der Waals surface area contributed by atoms with E-state index in [9.17, 15) is 5.11 Å². The number of hydrogen-bond acceptors (Lipinski definition) is 3. The third-order valence-electron chi connectivity index (χ3n) is 4.55. The minimum atomic E-state index is -0.490. The summed E-state index contributed by atoms with van der Waals surface area (Å²) in [5.41, 5.74) is 0.455. The summed E-state index contributed by atoms with van der Waals surface area (Å²) in [5.74, 6) is 0.735. The fourth-order valence-electron chi connectivity index (χ4n) is 3.07. The first-order valence-electron chi connectivity index (χ1n) is 7.91. The highest BCUT2D eigenvalue weighted by Gasteiger charge is 2.31. The van der Waals surface area contributed by atoms with Crippen molar-refractivity contribution in [1.29, 1.82) is 0 Å². The molecule has 3 nitrogen and oxygen atoms in total. The maximum absolute atomic E-state index is 9.98. The average Bonchev–Trinajstić information content (AvgIpc) is 2.96. The summed E-state index contributed by atoms with van der Waals surface area (Å²) >= 11 is 5.82. The predicted octanol–water partition coefficient (Wildman–Crippen LogP) is 3.64. The Hall–Kier alpha value is -0.770. The molecular formula is C17H26ClNO2. The van der Waals surface area contributed by atoms with Crippen molar-refractivity contribution >= 4 is 11.6 Å².